The highest BCUT2D eigenvalue weighted by Crippen LogP contribution is 2.32. The van der Waals surface area contributed by atoms with E-state index in [-0.39, 0.29) is 5.41 Å². The zero-order chi connectivity index (χ0) is 23.3. The highest BCUT2D eigenvalue weighted by molar-refractivity contribution is 5.93. The van der Waals surface area contributed by atoms with Crippen molar-refractivity contribution in [2.75, 3.05) is 0 Å². The Hall–Kier alpha value is -4.18. The molecule has 166 valence electrons. The quantitative estimate of drug-likeness (QED) is 0.275. The van der Waals surface area contributed by atoms with E-state index in [0.717, 1.165) is 61.5 Å². The zero-order valence-corrected chi connectivity index (χ0v) is 19.6. The second-order valence-corrected chi connectivity index (χ2v) is 9.82. The van der Waals surface area contributed by atoms with Crippen molar-refractivity contribution >= 4 is 46.4 Å². The van der Waals surface area contributed by atoms with Crippen molar-refractivity contribution < 1.29 is 0 Å². The standard InChI is InChI=1S/C30H26N4/c1-30(2,3)29-26-15-11-22(33-26)17-20-9-13-24(31-20)28(19-7-5-4-6-8-19)25-14-10-21(32-25)18-23-12-16-27(29)34-23/h4-18,31-32H,1-3H3. The number of aromatic nitrogens is 4. The number of benzene rings is 1. The fourth-order valence-corrected chi connectivity index (χ4v) is 4.76. The molecule has 2 aliphatic rings. The van der Waals surface area contributed by atoms with Gasteiger partial charge in [-0.3, -0.25) is 0 Å². The summed E-state index contributed by atoms with van der Waals surface area (Å²) in [5.74, 6) is 0. The van der Waals surface area contributed by atoms with Gasteiger partial charge in [0.05, 0.1) is 22.8 Å². The molecule has 0 radical (unpaired) electrons. The van der Waals surface area contributed by atoms with Crippen molar-refractivity contribution in [2.24, 2.45) is 0 Å². The molecule has 0 amide bonds. The molecule has 5 heterocycles. The summed E-state index contributed by atoms with van der Waals surface area (Å²) in [7, 11) is 0. The molecule has 0 spiro atoms. The van der Waals surface area contributed by atoms with E-state index in [1.54, 1.807) is 0 Å². The molecule has 0 atom stereocenters. The number of fused-ring (bicyclic) bond motifs is 8. The lowest BCUT2D eigenvalue weighted by atomic mass is 9.84. The van der Waals surface area contributed by atoms with Crippen LogP contribution in [0.4, 0.5) is 0 Å². The summed E-state index contributed by atoms with van der Waals surface area (Å²) >= 11 is 0. The Morgan fingerprint density at radius 3 is 1.65 bits per heavy atom. The summed E-state index contributed by atoms with van der Waals surface area (Å²) in [5, 5.41) is 0. The van der Waals surface area contributed by atoms with Gasteiger partial charge >= 0.3 is 0 Å². The first-order valence-corrected chi connectivity index (χ1v) is 11.6. The Bertz CT molecular complexity index is 1530. The summed E-state index contributed by atoms with van der Waals surface area (Å²) < 4.78 is 0. The second kappa shape index (κ2) is 7.70. The van der Waals surface area contributed by atoms with Crippen LogP contribution in [0.1, 0.15) is 49.1 Å². The van der Waals surface area contributed by atoms with Crippen molar-refractivity contribution in [3.05, 3.63) is 95.1 Å². The first kappa shape index (κ1) is 20.4. The number of hydrogen-bond donors (Lipinski definition) is 2. The minimum atomic E-state index is -0.0958. The molecule has 0 saturated carbocycles. The molecule has 4 heteroatoms. The number of H-pyrrole nitrogens is 2. The van der Waals surface area contributed by atoms with Crippen molar-refractivity contribution in [1.29, 1.82) is 0 Å². The van der Waals surface area contributed by atoms with Crippen LogP contribution in [0.15, 0.2) is 66.7 Å². The van der Waals surface area contributed by atoms with Crippen LogP contribution in [-0.2, 0) is 5.41 Å². The van der Waals surface area contributed by atoms with Crippen LogP contribution in [0.25, 0.3) is 57.5 Å². The summed E-state index contributed by atoms with van der Waals surface area (Å²) in [5.41, 5.74) is 11.3. The summed E-state index contributed by atoms with van der Waals surface area (Å²) in [6.45, 7) is 6.64. The normalized spacial score (nSPS) is 12.9. The Kier molecular flexibility index (Phi) is 4.63. The first-order chi connectivity index (χ1) is 16.4. The van der Waals surface area contributed by atoms with Gasteiger partial charge in [0.15, 0.2) is 0 Å². The molecule has 0 fully saturated rings. The number of aromatic amines is 2. The molecule has 0 saturated heterocycles. The molecule has 6 rings (SSSR count). The number of nitrogens with zero attached hydrogens (tertiary/aromatic N) is 2. The second-order valence-electron chi connectivity index (χ2n) is 9.82. The molecule has 2 aliphatic heterocycles. The molecule has 2 N–H and O–H groups in total. The highest BCUT2D eigenvalue weighted by atomic mass is 14.8. The van der Waals surface area contributed by atoms with E-state index in [0.29, 0.717) is 0 Å². The predicted octanol–water partition coefficient (Wildman–Crippen LogP) is 7.62. The van der Waals surface area contributed by atoms with E-state index in [1.807, 2.05) is 6.07 Å². The van der Waals surface area contributed by atoms with Crippen LogP contribution in [-0.4, -0.2) is 19.9 Å². The van der Waals surface area contributed by atoms with Crippen molar-refractivity contribution in [2.45, 2.75) is 26.2 Å². The van der Waals surface area contributed by atoms with Gasteiger partial charge in [0.2, 0.25) is 0 Å². The van der Waals surface area contributed by atoms with Crippen LogP contribution in [0, 0.1) is 0 Å². The van der Waals surface area contributed by atoms with Crippen LogP contribution in [0.5, 0.6) is 0 Å². The summed E-state index contributed by atoms with van der Waals surface area (Å²) in [4.78, 5) is 17.1. The van der Waals surface area contributed by atoms with Gasteiger partial charge in [0, 0.05) is 33.2 Å². The molecule has 0 aliphatic carbocycles. The van der Waals surface area contributed by atoms with Gasteiger partial charge < -0.3 is 9.97 Å². The Morgan fingerprint density at radius 1 is 0.618 bits per heavy atom. The van der Waals surface area contributed by atoms with E-state index < -0.39 is 0 Å². The fourth-order valence-electron chi connectivity index (χ4n) is 4.76. The zero-order valence-electron chi connectivity index (χ0n) is 19.6. The van der Waals surface area contributed by atoms with Gasteiger partial charge in [0.25, 0.3) is 0 Å². The molecule has 0 unspecified atom stereocenters. The predicted molar refractivity (Wildman–Crippen MR) is 143 cm³/mol. The van der Waals surface area contributed by atoms with Crippen LogP contribution >= 0.6 is 0 Å². The van der Waals surface area contributed by atoms with Gasteiger partial charge in [-0.1, -0.05) is 51.1 Å². The monoisotopic (exact) mass is 442 g/mol. The van der Waals surface area contributed by atoms with Gasteiger partial charge in [-0.25, -0.2) is 9.97 Å². The lowest BCUT2D eigenvalue weighted by Crippen LogP contribution is -2.15. The Balaban J connectivity index is 1.74. The first-order valence-electron chi connectivity index (χ1n) is 11.6. The Morgan fingerprint density at radius 2 is 1.15 bits per heavy atom. The average Bonchev–Trinajstić information content (AvgIpc) is 3.59. The van der Waals surface area contributed by atoms with E-state index in [9.17, 15) is 0 Å². The molecular formula is C30H26N4. The topological polar surface area (TPSA) is 57.4 Å². The summed E-state index contributed by atoms with van der Waals surface area (Å²) in [6.07, 6.45) is 8.36. The maximum absolute atomic E-state index is 4.97. The third kappa shape index (κ3) is 3.67. The lowest BCUT2D eigenvalue weighted by Gasteiger charge is -2.20. The number of rotatable bonds is 1. The number of hydrogen-bond acceptors (Lipinski definition) is 2. The molecule has 34 heavy (non-hydrogen) atoms. The van der Waals surface area contributed by atoms with E-state index in [4.69, 9.17) is 9.97 Å². The van der Waals surface area contributed by atoms with Gasteiger partial charge in [0.1, 0.15) is 0 Å². The number of nitrogens with one attached hydrogen (secondary N) is 2. The van der Waals surface area contributed by atoms with Crippen molar-refractivity contribution in [1.82, 2.24) is 19.9 Å². The third-order valence-electron chi connectivity index (χ3n) is 6.21. The van der Waals surface area contributed by atoms with Gasteiger partial charge in [-0.05, 0) is 71.7 Å². The average molecular weight is 443 g/mol. The minimum absolute atomic E-state index is 0.0958. The van der Waals surface area contributed by atoms with E-state index >= 15 is 0 Å². The molecule has 4 nitrogen and oxygen atoms in total. The van der Waals surface area contributed by atoms with Crippen LogP contribution < -0.4 is 0 Å². The van der Waals surface area contributed by atoms with E-state index in [2.05, 4.69) is 116 Å². The molecule has 3 aromatic heterocycles. The largest absolute Gasteiger partial charge is 0.355 e. The van der Waals surface area contributed by atoms with Gasteiger partial charge in [-0.15, -0.1) is 0 Å². The highest BCUT2D eigenvalue weighted by Gasteiger charge is 2.23. The molecule has 4 aromatic rings. The maximum atomic E-state index is 4.97. The van der Waals surface area contributed by atoms with Crippen LogP contribution in [0.2, 0.25) is 0 Å². The Labute approximate surface area is 198 Å². The molecule has 8 bridgehead atoms. The van der Waals surface area contributed by atoms with E-state index in [1.165, 1.54) is 0 Å². The SMILES string of the molecule is CC(C)(C)c1c2nc(cc3ccc([nH]3)c(-c3ccccc3)c3ccc(cc4nc1C=C4)[nH]3)C=C2. The fraction of sp³-hybridized carbons (Fsp3) is 0.133. The van der Waals surface area contributed by atoms with Crippen molar-refractivity contribution in [3.63, 3.8) is 0 Å². The van der Waals surface area contributed by atoms with Crippen molar-refractivity contribution in [3.8, 4) is 11.1 Å². The lowest BCUT2D eigenvalue weighted by molar-refractivity contribution is 0.583. The van der Waals surface area contributed by atoms with Gasteiger partial charge in [-0.2, -0.15) is 0 Å². The summed E-state index contributed by atoms with van der Waals surface area (Å²) in [6, 6.07) is 23.2. The molecular weight excluding hydrogens is 416 g/mol. The third-order valence-corrected chi connectivity index (χ3v) is 6.21. The smallest absolute Gasteiger partial charge is 0.0696 e. The van der Waals surface area contributed by atoms with Crippen LogP contribution in [0.3, 0.4) is 0 Å². The molecule has 1 aromatic carbocycles. The maximum Gasteiger partial charge on any atom is 0.0696 e. The minimum Gasteiger partial charge on any atom is -0.355 e.